The highest BCUT2D eigenvalue weighted by Crippen LogP contribution is 2.21. The molecule has 0 aromatic heterocycles. The number of methoxy groups -OCH3 is 1. The van der Waals surface area contributed by atoms with E-state index in [9.17, 15) is 9.59 Å². The van der Waals surface area contributed by atoms with E-state index in [1.54, 1.807) is 4.90 Å². The molecule has 0 bridgehead atoms. The molecule has 0 aromatic carbocycles. The van der Waals surface area contributed by atoms with Crippen LogP contribution in [0.3, 0.4) is 0 Å². The Balaban J connectivity index is 2.19. The van der Waals surface area contributed by atoms with Crippen LogP contribution in [-0.4, -0.2) is 55.9 Å². The van der Waals surface area contributed by atoms with Crippen molar-refractivity contribution < 1.29 is 19.1 Å². The predicted octanol–water partition coefficient (Wildman–Crippen LogP) is 0.760. The average Bonchev–Trinajstić information content (AvgIpc) is 2.30. The molecule has 104 valence electrons. The van der Waals surface area contributed by atoms with Crippen molar-refractivity contribution in [2.45, 2.75) is 32.2 Å². The van der Waals surface area contributed by atoms with Gasteiger partial charge in [-0.1, -0.05) is 0 Å². The Morgan fingerprint density at radius 3 is 2.61 bits per heavy atom. The van der Waals surface area contributed by atoms with Gasteiger partial charge in [0.25, 0.3) is 0 Å². The van der Waals surface area contributed by atoms with Gasteiger partial charge in [0.15, 0.2) is 0 Å². The molecule has 0 aromatic rings. The summed E-state index contributed by atoms with van der Waals surface area (Å²) in [6, 6.07) is 0. The number of carbonyl (C=O) groups is 2. The summed E-state index contributed by atoms with van der Waals surface area (Å²) in [4.78, 5) is 24.4. The fraction of sp³-hybridized carbons (Fsp3) is 0.833. The molecule has 6 heteroatoms. The molecular weight excluding hydrogens is 236 g/mol. The monoisotopic (exact) mass is 258 g/mol. The Kier molecular flexibility index (Phi) is 5.40. The zero-order valence-corrected chi connectivity index (χ0v) is 11.3. The summed E-state index contributed by atoms with van der Waals surface area (Å²) in [5.41, 5.74) is -0.323. The molecule has 1 heterocycles. The summed E-state index contributed by atoms with van der Waals surface area (Å²) in [7, 11) is 1.35. The lowest BCUT2D eigenvalue weighted by Crippen LogP contribution is -2.69. The summed E-state index contributed by atoms with van der Waals surface area (Å²) >= 11 is 0. The molecule has 1 aliphatic heterocycles. The fourth-order valence-corrected chi connectivity index (χ4v) is 2.01. The van der Waals surface area contributed by atoms with Crippen LogP contribution in [0.4, 0.5) is 4.79 Å². The molecular formula is C12H22N2O4. The van der Waals surface area contributed by atoms with Gasteiger partial charge in [0, 0.05) is 32.7 Å². The normalized spacial score (nSPS) is 16.9. The number of nitrogens with zero attached hydrogens (tertiary/aromatic N) is 1. The molecule has 0 saturated carbocycles. The minimum absolute atomic E-state index is 0.00159. The molecule has 0 radical (unpaired) electrons. The van der Waals surface area contributed by atoms with Crippen LogP contribution in [0.1, 0.15) is 26.7 Å². The van der Waals surface area contributed by atoms with Gasteiger partial charge in [-0.05, 0) is 20.3 Å². The van der Waals surface area contributed by atoms with E-state index in [-0.39, 0.29) is 17.5 Å². The number of carbonyl (C=O) groups excluding carboxylic acids is 2. The first-order valence-corrected chi connectivity index (χ1v) is 6.22. The third kappa shape index (κ3) is 4.18. The van der Waals surface area contributed by atoms with Crippen molar-refractivity contribution in [3.8, 4) is 0 Å². The van der Waals surface area contributed by atoms with Gasteiger partial charge in [0.05, 0.1) is 12.6 Å². The molecule has 6 nitrogen and oxygen atoms in total. The van der Waals surface area contributed by atoms with E-state index >= 15 is 0 Å². The van der Waals surface area contributed by atoms with Gasteiger partial charge in [-0.2, -0.15) is 0 Å². The number of likely N-dealkylation sites (tertiary alicyclic amines) is 1. The zero-order chi connectivity index (χ0) is 13.6. The van der Waals surface area contributed by atoms with E-state index < -0.39 is 0 Å². The molecule has 1 aliphatic rings. The second-order valence-electron chi connectivity index (χ2n) is 4.74. The maximum Gasteiger partial charge on any atom is 0.409 e. The van der Waals surface area contributed by atoms with Crippen LogP contribution >= 0.6 is 0 Å². The molecule has 18 heavy (non-hydrogen) atoms. The largest absolute Gasteiger partial charge is 0.453 e. The first kappa shape index (κ1) is 14.8. The minimum atomic E-state index is -0.349. The third-order valence-electron chi connectivity index (χ3n) is 2.85. The molecule has 0 spiro atoms. The van der Waals surface area contributed by atoms with E-state index in [0.717, 1.165) is 6.42 Å². The first-order chi connectivity index (χ1) is 8.50. The van der Waals surface area contributed by atoms with Crippen molar-refractivity contribution in [1.29, 1.82) is 0 Å². The van der Waals surface area contributed by atoms with E-state index in [1.807, 2.05) is 13.8 Å². The summed E-state index contributed by atoms with van der Waals surface area (Å²) in [5, 5.41) is 2.93. The average molecular weight is 258 g/mol. The van der Waals surface area contributed by atoms with E-state index in [4.69, 9.17) is 4.74 Å². The standard InChI is InChI=1S/C12H22N2O4/c1-4-18-7-5-6-10(15)13-12(2)8-14(9-12)11(16)17-3/h4-9H2,1-3H3,(H,13,15). The quantitative estimate of drug-likeness (QED) is 0.714. The predicted molar refractivity (Wildman–Crippen MR) is 66.3 cm³/mol. The van der Waals surface area contributed by atoms with Gasteiger partial charge in [0.1, 0.15) is 0 Å². The van der Waals surface area contributed by atoms with Gasteiger partial charge in [-0.3, -0.25) is 4.79 Å². The highest BCUT2D eigenvalue weighted by molar-refractivity contribution is 5.77. The third-order valence-corrected chi connectivity index (χ3v) is 2.85. The fourth-order valence-electron chi connectivity index (χ4n) is 2.01. The molecule has 1 fully saturated rings. The van der Waals surface area contributed by atoms with E-state index in [0.29, 0.717) is 32.7 Å². The Bertz CT molecular complexity index is 300. The van der Waals surface area contributed by atoms with Crippen molar-refractivity contribution in [1.82, 2.24) is 10.2 Å². The van der Waals surface area contributed by atoms with Crippen LogP contribution in [0.15, 0.2) is 0 Å². The zero-order valence-electron chi connectivity index (χ0n) is 11.3. The lowest BCUT2D eigenvalue weighted by Gasteiger charge is -2.47. The van der Waals surface area contributed by atoms with Crippen molar-refractivity contribution in [3.63, 3.8) is 0 Å². The van der Waals surface area contributed by atoms with Crippen LogP contribution in [0.2, 0.25) is 0 Å². The highest BCUT2D eigenvalue weighted by atomic mass is 16.5. The van der Waals surface area contributed by atoms with Gasteiger partial charge in [0.2, 0.25) is 5.91 Å². The number of hydrogen-bond acceptors (Lipinski definition) is 4. The van der Waals surface area contributed by atoms with Crippen LogP contribution < -0.4 is 5.32 Å². The van der Waals surface area contributed by atoms with E-state index in [2.05, 4.69) is 10.1 Å². The Labute approximate surface area is 108 Å². The number of rotatable bonds is 6. The maximum absolute atomic E-state index is 11.7. The Morgan fingerprint density at radius 2 is 2.06 bits per heavy atom. The second kappa shape index (κ2) is 6.58. The molecule has 1 N–H and O–H groups in total. The summed E-state index contributed by atoms with van der Waals surface area (Å²) < 4.78 is 9.77. The SMILES string of the molecule is CCOCCCC(=O)NC1(C)CN(C(=O)OC)C1. The lowest BCUT2D eigenvalue weighted by molar-refractivity contribution is -0.125. The molecule has 1 rings (SSSR count). The number of ether oxygens (including phenoxy) is 2. The molecule has 2 amide bonds. The summed E-state index contributed by atoms with van der Waals surface area (Å²) in [5.74, 6) is 0.00159. The van der Waals surface area contributed by atoms with Gasteiger partial charge < -0.3 is 19.7 Å². The van der Waals surface area contributed by atoms with Gasteiger partial charge in [-0.25, -0.2) is 4.79 Å². The van der Waals surface area contributed by atoms with Crippen LogP contribution in [0.5, 0.6) is 0 Å². The minimum Gasteiger partial charge on any atom is -0.453 e. The van der Waals surface area contributed by atoms with Crippen molar-refractivity contribution >= 4 is 12.0 Å². The molecule has 0 aliphatic carbocycles. The molecule has 0 atom stereocenters. The van der Waals surface area contributed by atoms with Crippen molar-refractivity contribution in [2.24, 2.45) is 0 Å². The summed E-state index contributed by atoms with van der Waals surface area (Å²) in [6.45, 7) is 6.12. The number of amides is 2. The highest BCUT2D eigenvalue weighted by Gasteiger charge is 2.42. The molecule has 1 saturated heterocycles. The second-order valence-corrected chi connectivity index (χ2v) is 4.74. The lowest BCUT2D eigenvalue weighted by atomic mass is 9.92. The Hall–Kier alpha value is -1.30. The number of nitrogens with one attached hydrogen (secondary N) is 1. The van der Waals surface area contributed by atoms with E-state index in [1.165, 1.54) is 7.11 Å². The van der Waals surface area contributed by atoms with Crippen LogP contribution in [-0.2, 0) is 14.3 Å². The smallest absolute Gasteiger partial charge is 0.409 e. The topological polar surface area (TPSA) is 67.9 Å². The first-order valence-electron chi connectivity index (χ1n) is 6.22. The van der Waals surface area contributed by atoms with Gasteiger partial charge >= 0.3 is 6.09 Å². The maximum atomic E-state index is 11.7. The summed E-state index contributed by atoms with van der Waals surface area (Å²) in [6.07, 6.45) is 0.822. The van der Waals surface area contributed by atoms with Crippen molar-refractivity contribution in [2.75, 3.05) is 33.4 Å². The van der Waals surface area contributed by atoms with Gasteiger partial charge in [-0.15, -0.1) is 0 Å². The van der Waals surface area contributed by atoms with Crippen LogP contribution in [0.25, 0.3) is 0 Å². The molecule has 0 unspecified atom stereocenters. The van der Waals surface area contributed by atoms with Crippen LogP contribution in [0, 0.1) is 0 Å². The Morgan fingerprint density at radius 1 is 1.39 bits per heavy atom. The number of hydrogen-bond donors (Lipinski definition) is 1. The van der Waals surface area contributed by atoms with Crippen molar-refractivity contribution in [3.05, 3.63) is 0 Å².